The van der Waals surface area contributed by atoms with Crippen LogP contribution in [-0.2, 0) is 17.1 Å². The first-order valence-corrected chi connectivity index (χ1v) is 7.55. The molecule has 0 atom stereocenters. The number of aryl methyl sites for hydroxylation is 1. The van der Waals surface area contributed by atoms with Crippen LogP contribution in [0, 0.1) is 5.92 Å². The summed E-state index contributed by atoms with van der Waals surface area (Å²) in [5.41, 5.74) is -0.553. The lowest BCUT2D eigenvalue weighted by molar-refractivity contribution is 0.0686. The van der Waals surface area contributed by atoms with Crippen LogP contribution in [0.1, 0.15) is 37.2 Å². The van der Waals surface area contributed by atoms with Gasteiger partial charge in [-0.2, -0.15) is 0 Å². The molecule has 2 rings (SSSR count). The summed E-state index contributed by atoms with van der Waals surface area (Å²) in [6.45, 7) is 3.70. The zero-order valence-electron chi connectivity index (χ0n) is 11.2. The Morgan fingerprint density at radius 2 is 2.05 bits per heavy atom. The molecule has 2 N–H and O–H groups in total. The van der Waals surface area contributed by atoms with E-state index in [0.29, 0.717) is 5.92 Å². The summed E-state index contributed by atoms with van der Waals surface area (Å²) in [5.74, 6) is -0.796. The van der Waals surface area contributed by atoms with Gasteiger partial charge < -0.3 is 9.67 Å². The Balaban J connectivity index is 2.29. The summed E-state index contributed by atoms with van der Waals surface area (Å²) in [5, 5.41) is 8.94. The minimum absolute atomic E-state index is 0.0128. The second-order valence-electron chi connectivity index (χ2n) is 5.58. The van der Waals surface area contributed by atoms with Gasteiger partial charge in [0, 0.05) is 18.8 Å². The van der Waals surface area contributed by atoms with Crippen LogP contribution < -0.4 is 4.72 Å². The Hall–Kier alpha value is -1.34. The molecular weight excluding hydrogens is 268 g/mol. The highest BCUT2D eigenvalue weighted by Crippen LogP contribution is 2.39. The second-order valence-corrected chi connectivity index (χ2v) is 7.26. The highest BCUT2D eigenvalue weighted by atomic mass is 32.2. The number of nitrogens with zero attached hydrogens (tertiary/aromatic N) is 1. The fraction of sp³-hybridized carbons (Fsp3) is 0.583. The molecule has 7 heteroatoms. The van der Waals surface area contributed by atoms with Crippen molar-refractivity contribution in [2.45, 2.75) is 37.1 Å². The van der Waals surface area contributed by atoms with E-state index in [-0.39, 0.29) is 10.6 Å². The summed E-state index contributed by atoms with van der Waals surface area (Å²) in [7, 11) is -2.18. The zero-order valence-corrected chi connectivity index (χ0v) is 12.0. The van der Waals surface area contributed by atoms with E-state index in [0.717, 1.165) is 12.8 Å². The van der Waals surface area contributed by atoms with Crippen LogP contribution >= 0.6 is 0 Å². The van der Waals surface area contributed by atoms with Gasteiger partial charge in [-0.15, -0.1) is 0 Å². The molecule has 19 heavy (non-hydrogen) atoms. The lowest BCUT2D eigenvalue weighted by atomic mass is 10.0. The molecule has 0 aliphatic heterocycles. The number of sulfonamides is 1. The Labute approximate surface area is 112 Å². The third-order valence-corrected chi connectivity index (χ3v) is 5.14. The number of carboxylic acids is 1. The van der Waals surface area contributed by atoms with Gasteiger partial charge in [-0.25, -0.2) is 17.9 Å². The van der Waals surface area contributed by atoms with Gasteiger partial charge in [0.15, 0.2) is 0 Å². The number of hydrogen-bond acceptors (Lipinski definition) is 3. The molecule has 0 unspecified atom stereocenters. The Morgan fingerprint density at radius 1 is 1.47 bits per heavy atom. The summed E-state index contributed by atoms with van der Waals surface area (Å²) in [6, 6.07) is 1.17. The molecule has 1 aromatic heterocycles. The predicted molar refractivity (Wildman–Crippen MR) is 69.5 cm³/mol. The number of hydrogen-bond donors (Lipinski definition) is 2. The molecule has 1 aliphatic rings. The Kier molecular flexibility index (Phi) is 3.22. The molecule has 106 valence electrons. The average molecular weight is 286 g/mol. The molecule has 0 aromatic carbocycles. The van der Waals surface area contributed by atoms with Crippen molar-refractivity contribution in [2.24, 2.45) is 13.0 Å². The van der Waals surface area contributed by atoms with Crippen LogP contribution in [0.3, 0.4) is 0 Å². The van der Waals surface area contributed by atoms with Gasteiger partial charge in [0.05, 0.1) is 0 Å². The van der Waals surface area contributed by atoms with Crippen molar-refractivity contribution in [3.05, 3.63) is 18.0 Å². The first-order chi connectivity index (χ1) is 8.63. The number of carboxylic acid groups (broad SMARTS) is 1. The highest BCUT2D eigenvalue weighted by Gasteiger charge is 2.40. The number of rotatable bonds is 5. The topological polar surface area (TPSA) is 88.4 Å². The Bertz CT molecular complexity index is 612. The van der Waals surface area contributed by atoms with Gasteiger partial charge in [0.25, 0.3) is 0 Å². The average Bonchev–Trinajstić information content (AvgIpc) is 3.00. The third-order valence-electron chi connectivity index (χ3n) is 3.50. The van der Waals surface area contributed by atoms with Crippen LogP contribution in [0.25, 0.3) is 0 Å². The van der Waals surface area contributed by atoms with Crippen LogP contribution in [0.15, 0.2) is 17.2 Å². The molecule has 0 saturated heterocycles. The molecule has 1 saturated carbocycles. The van der Waals surface area contributed by atoms with Crippen LogP contribution in [0.2, 0.25) is 0 Å². The largest absolute Gasteiger partial charge is 0.477 e. The van der Waals surface area contributed by atoms with Crippen LogP contribution in [0.5, 0.6) is 0 Å². The molecule has 0 bridgehead atoms. The van der Waals surface area contributed by atoms with Crippen LogP contribution in [0.4, 0.5) is 0 Å². The maximum atomic E-state index is 12.3. The molecule has 1 fully saturated rings. The molecule has 0 amide bonds. The summed E-state index contributed by atoms with van der Waals surface area (Å²) >= 11 is 0. The maximum absolute atomic E-state index is 12.3. The predicted octanol–water partition coefficient (Wildman–Crippen LogP) is 1.19. The Morgan fingerprint density at radius 3 is 2.47 bits per heavy atom. The second kappa shape index (κ2) is 4.35. The number of aromatic carboxylic acids is 1. The van der Waals surface area contributed by atoms with Gasteiger partial charge in [0.1, 0.15) is 10.6 Å². The van der Waals surface area contributed by atoms with Gasteiger partial charge in [0.2, 0.25) is 10.0 Å². The van der Waals surface area contributed by atoms with Gasteiger partial charge >= 0.3 is 5.97 Å². The minimum Gasteiger partial charge on any atom is -0.477 e. The summed E-state index contributed by atoms with van der Waals surface area (Å²) < 4.78 is 28.5. The molecule has 0 spiro atoms. The van der Waals surface area contributed by atoms with E-state index in [1.807, 2.05) is 13.8 Å². The van der Waals surface area contributed by atoms with Crippen molar-refractivity contribution in [3.63, 3.8) is 0 Å². The van der Waals surface area contributed by atoms with E-state index < -0.39 is 21.5 Å². The lowest BCUT2D eigenvalue weighted by Gasteiger charge is -2.25. The smallest absolute Gasteiger partial charge is 0.352 e. The van der Waals surface area contributed by atoms with Crippen LogP contribution in [-0.4, -0.2) is 29.6 Å². The lowest BCUT2D eigenvalue weighted by Crippen LogP contribution is -2.44. The van der Waals surface area contributed by atoms with E-state index in [1.54, 1.807) is 0 Å². The maximum Gasteiger partial charge on any atom is 0.352 e. The molecule has 1 aliphatic carbocycles. The SMILES string of the molecule is Cn1cc(S(=O)(=O)NC(C)(C)C2CC2)cc1C(=O)O. The molecule has 1 heterocycles. The summed E-state index contributed by atoms with van der Waals surface area (Å²) in [4.78, 5) is 10.9. The molecular formula is C12H18N2O4S. The van der Waals surface area contributed by atoms with E-state index in [2.05, 4.69) is 4.72 Å². The van der Waals surface area contributed by atoms with Gasteiger partial charge in [-0.1, -0.05) is 0 Å². The van der Waals surface area contributed by atoms with E-state index >= 15 is 0 Å². The van der Waals surface area contributed by atoms with E-state index in [4.69, 9.17) is 5.11 Å². The van der Waals surface area contributed by atoms with E-state index in [1.165, 1.54) is 23.9 Å². The molecule has 1 aromatic rings. The molecule has 0 radical (unpaired) electrons. The number of carbonyl (C=O) groups is 1. The monoisotopic (exact) mass is 286 g/mol. The quantitative estimate of drug-likeness (QED) is 0.851. The molecule has 6 nitrogen and oxygen atoms in total. The highest BCUT2D eigenvalue weighted by molar-refractivity contribution is 7.89. The van der Waals surface area contributed by atoms with Gasteiger partial charge in [-0.05, 0) is 38.7 Å². The van der Waals surface area contributed by atoms with Gasteiger partial charge in [-0.3, -0.25) is 0 Å². The van der Waals surface area contributed by atoms with Crippen molar-refractivity contribution >= 4 is 16.0 Å². The van der Waals surface area contributed by atoms with Crippen molar-refractivity contribution in [3.8, 4) is 0 Å². The third kappa shape index (κ3) is 2.82. The van der Waals surface area contributed by atoms with Crippen molar-refractivity contribution in [1.29, 1.82) is 0 Å². The first-order valence-electron chi connectivity index (χ1n) is 6.07. The fourth-order valence-electron chi connectivity index (χ4n) is 2.19. The summed E-state index contributed by atoms with van der Waals surface area (Å²) in [6.07, 6.45) is 3.35. The minimum atomic E-state index is -3.69. The normalized spacial score (nSPS) is 16.6. The van der Waals surface area contributed by atoms with Crippen molar-refractivity contribution in [2.75, 3.05) is 0 Å². The number of nitrogens with one attached hydrogen (secondary N) is 1. The van der Waals surface area contributed by atoms with Crippen molar-refractivity contribution in [1.82, 2.24) is 9.29 Å². The zero-order chi connectivity index (χ0) is 14.4. The standard InChI is InChI=1S/C12H18N2O4S/c1-12(2,8-4-5-8)13-19(17,18)9-6-10(11(15)16)14(3)7-9/h6-8,13H,4-5H2,1-3H3,(H,15,16). The van der Waals surface area contributed by atoms with Crippen molar-refractivity contribution < 1.29 is 18.3 Å². The number of aromatic nitrogens is 1. The fourth-order valence-corrected chi connectivity index (χ4v) is 3.73. The first kappa shape index (κ1) is 14.1. The van der Waals surface area contributed by atoms with E-state index in [9.17, 15) is 13.2 Å².